The van der Waals surface area contributed by atoms with E-state index in [2.05, 4.69) is 25.2 Å². The van der Waals surface area contributed by atoms with Gasteiger partial charge in [-0.05, 0) is 39.8 Å². The number of hydrogen-bond donors (Lipinski definition) is 2. The van der Waals surface area contributed by atoms with E-state index in [1.807, 2.05) is 37.5 Å². The van der Waals surface area contributed by atoms with Gasteiger partial charge in [-0.15, -0.1) is 4.83 Å². The first kappa shape index (κ1) is 20.8. The molecular weight excluding hydrogens is 366 g/mol. The molecule has 1 heterocycles. The highest BCUT2D eigenvalue weighted by atomic mass is 32.2. The van der Waals surface area contributed by atoms with Crippen molar-refractivity contribution in [2.24, 2.45) is 0 Å². The minimum absolute atomic E-state index is 0.147. The highest BCUT2D eigenvalue weighted by Gasteiger charge is 2.17. The van der Waals surface area contributed by atoms with Crippen LogP contribution in [0.25, 0.3) is 0 Å². The first-order valence-corrected chi connectivity index (χ1v) is 10.5. The maximum atomic E-state index is 12.4. The van der Waals surface area contributed by atoms with Gasteiger partial charge in [0.15, 0.2) is 0 Å². The molecule has 10 heteroatoms. The summed E-state index contributed by atoms with van der Waals surface area (Å²) in [4.78, 5) is 19.7. The molecule has 2 rings (SSSR count). The van der Waals surface area contributed by atoms with Crippen molar-refractivity contribution in [2.75, 3.05) is 41.4 Å². The van der Waals surface area contributed by atoms with Crippen LogP contribution >= 0.6 is 0 Å². The van der Waals surface area contributed by atoms with Crippen molar-refractivity contribution in [3.8, 4) is 0 Å². The van der Waals surface area contributed by atoms with Crippen molar-refractivity contribution in [1.82, 2.24) is 19.8 Å². The lowest BCUT2D eigenvalue weighted by atomic mass is 10.4. The molecule has 0 spiro atoms. The normalized spacial score (nSPS) is 11.3. The van der Waals surface area contributed by atoms with Gasteiger partial charge in [0.05, 0.1) is 4.90 Å². The predicted molar refractivity (Wildman–Crippen MR) is 107 cm³/mol. The number of aromatic nitrogens is 3. The zero-order valence-electron chi connectivity index (χ0n) is 16.2. The second-order valence-corrected chi connectivity index (χ2v) is 7.33. The van der Waals surface area contributed by atoms with Crippen molar-refractivity contribution in [2.45, 2.75) is 32.6 Å². The standard InChI is InChI=1S/C17H27N7O2S/c1-5-23(6-2)16-18-15(19-17(20-16)24(7-3)8-4)21-22-27(25,26)14-12-10-9-11-13-14/h9-13,22H,5-8H2,1-4H3,(H,18,19,20,21). The fraction of sp³-hybridized carbons (Fsp3) is 0.471. The molecule has 2 aromatic rings. The smallest absolute Gasteiger partial charge is 0.257 e. The van der Waals surface area contributed by atoms with Crippen LogP contribution in [0.15, 0.2) is 35.2 Å². The topological polar surface area (TPSA) is 103 Å². The van der Waals surface area contributed by atoms with Crippen LogP contribution in [0.5, 0.6) is 0 Å². The summed E-state index contributed by atoms with van der Waals surface area (Å²) in [6.07, 6.45) is 0. The Labute approximate surface area is 160 Å². The summed E-state index contributed by atoms with van der Waals surface area (Å²) in [5.74, 6) is 1.14. The van der Waals surface area contributed by atoms with Crippen molar-refractivity contribution in [3.05, 3.63) is 30.3 Å². The van der Waals surface area contributed by atoms with E-state index in [0.717, 1.165) is 26.2 Å². The lowest BCUT2D eigenvalue weighted by molar-refractivity contribution is 0.587. The molecule has 2 N–H and O–H groups in total. The third-order valence-electron chi connectivity index (χ3n) is 4.06. The Kier molecular flexibility index (Phi) is 7.31. The average Bonchev–Trinajstić information content (AvgIpc) is 2.69. The van der Waals surface area contributed by atoms with Gasteiger partial charge in [0.2, 0.25) is 17.8 Å². The van der Waals surface area contributed by atoms with Gasteiger partial charge in [0.25, 0.3) is 10.0 Å². The van der Waals surface area contributed by atoms with Crippen molar-refractivity contribution < 1.29 is 8.42 Å². The maximum Gasteiger partial charge on any atom is 0.257 e. The number of sulfonamides is 1. The van der Waals surface area contributed by atoms with Crippen LogP contribution in [-0.4, -0.2) is 49.5 Å². The minimum atomic E-state index is -3.74. The Bertz CT molecular complexity index is 792. The van der Waals surface area contributed by atoms with Gasteiger partial charge in [-0.2, -0.15) is 15.0 Å². The minimum Gasteiger partial charge on any atom is -0.341 e. The van der Waals surface area contributed by atoms with E-state index in [4.69, 9.17) is 0 Å². The van der Waals surface area contributed by atoms with E-state index in [1.165, 1.54) is 12.1 Å². The average molecular weight is 394 g/mol. The van der Waals surface area contributed by atoms with Crippen LogP contribution in [-0.2, 0) is 10.0 Å². The second kappa shape index (κ2) is 9.47. The molecule has 0 amide bonds. The van der Waals surface area contributed by atoms with E-state index in [0.29, 0.717) is 11.9 Å². The van der Waals surface area contributed by atoms with Gasteiger partial charge >= 0.3 is 0 Å². The number of nitrogens with one attached hydrogen (secondary N) is 2. The maximum absolute atomic E-state index is 12.4. The summed E-state index contributed by atoms with van der Waals surface area (Å²) in [5.41, 5.74) is 2.62. The molecule has 148 valence electrons. The van der Waals surface area contributed by atoms with Crippen molar-refractivity contribution >= 4 is 27.9 Å². The van der Waals surface area contributed by atoms with Gasteiger partial charge in [-0.1, -0.05) is 18.2 Å². The lowest BCUT2D eigenvalue weighted by Gasteiger charge is -2.23. The molecule has 0 bridgehead atoms. The Morgan fingerprint density at radius 2 is 1.30 bits per heavy atom. The summed E-state index contributed by atoms with van der Waals surface area (Å²) in [5, 5.41) is 0. The fourth-order valence-corrected chi connectivity index (χ4v) is 3.34. The molecule has 0 aliphatic heterocycles. The monoisotopic (exact) mass is 393 g/mol. The highest BCUT2D eigenvalue weighted by molar-refractivity contribution is 7.89. The molecule has 0 radical (unpaired) electrons. The van der Waals surface area contributed by atoms with E-state index in [-0.39, 0.29) is 10.8 Å². The first-order chi connectivity index (χ1) is 12.9. The van der Waals surface area contributed by atoms with E-state index in [1.54, 1.807) is 18.2 Å². The van der Waals surface area contributed by atoms with Crippen LogP contribution in [0.2, 0.25) is 0 Å². The number of hydrogen-bond acceptors (Lipinski definition) is 8. The first-order valence-electron chi connectivity index (χ1n) is 9.03. The molecule has 0 saturated heterocycles. The summed E-state index contributed by atoms with van der Waals surface area (Å²) in [7, 11) is -3.74. The lowest BCUT2D eigenvalue weighted by Crippen LogP contribution is -2.33. The number of anilines is 3. The predicted octanol–water partition coefficient (Wildman–Crippen LogP) is 1.87. The highest BCUT2D eigenvalue weighted by Crippen LogP contribution is 2.16. The Balaban J connectivity index is 2.32. The fourth-order valence-electron chi connectivity index (χ4n) is 2.48. The third kappa shape index (κ3) is 5.27. The molecule has 1 aromatic carbocycles. The molecule has 1 aromatic heterocycles. The Morgan fingerprint density at radius 3 is 1.74 bits per heavy atom. The van der Waals surface area contributed by atoms with Crippen LogP contribution in [0.4, 0.5) is 17.8 Å². The molecule has 9 nitrogen and oxygen atoms in total. The number of nitrogens with zero attached hydrogens (tertiary/aromatic N) is 5. The van der Waals surface area contributed by atoms with Crippen LogP contribution in [0.1, 0.15) is 27.7 Å². The Hall–Kier alpha value is -2.46. The van der Waals surface area contributed by atoms with E-state index in [9.17, 15) is 8.42 Å². The van der Waals surface area contributed by atoms with Gasteiger partial charge in [-0.3, -0.25) is 5.43 Å². The molecule has 0 fully saturated rings. The van der Waals surface area contributed by atoms with E-state index < -0.39 is 10.0 Å². The zero-order chi connectivity index (χ0) is 19.9. The quantitative estimate of drug-likeness (QED) is 0.590. The summed E-state index contributed by atoms with van der Waals surface area (Å²) >= 11 is 0. The van der Waals surface area contributed by atoms with E-state index >= 15 is 0 Å². The molecule has 0 unspecified atom stereocenters. The van der Waals surface area contributed by atoms with Crippen LogP contribution in [0.3, 0.4) is 0 Å². The van der Waals surface area contributed by atoms with Gasteiger partial charge in [-0.25, -0.2) is 8.42 Å². The largest absolute Gasteiger partial charge is 0.341 e. The molecule has 0 saturated carbocycles. The number of hydrazine groups is 1. The molecule has 0 aliphatic carbocycles. The SMILES string of the molecule is CCN(CC)c1nc(NNS(=O)(=O)c2ccccc2)nc(N(CC)CC)n1. The molecule has 0 atom stereocenters. The third-order valence-corrected chi connectivity index (χ3v) is 5.32. The molecular formula is C17H27N7O2S. The van der Waals surface area contributed by atoms with Gasteiger partial charge in [0, 0.05) is 26.2 Å². The molecule has 27 heavy (non-hydrogen) atoms. The number of benzene rings is 1. The van der Waals surface area contributed by atoms with Crippen LogP contribution in [0, 0.1) is 0 Å². The summed E-state index contributed by atoms with van der Waals surface area (Å²) in [6.45, 7) is 11.0. The number of rotatable bonds is 10. The summed E-state index contributed by atoms with van der Waals surface area (Å²) < 4.78 is 24.8. The molecule has 0 aliphatic rings. The summed E-state index contributed by atoms with van der Waals surface area (Å²) in [6, 6.07) is 8.11. The zero-order valence-corrected chi connectivity index (χ0v) is 17.0. The van der Waals surface area contributed by atoms with Gasteiger partial charge < -0.3 is 9.80 Å². The van der Waals surface area contributed by atoms with Crippen molar-refractivity contribution in [1.29, 1.82) is 0 Å². The van der Waals surface area contributed by atoms with Crippen molar-refractivity contribution in [3.63, 3.8) is 0 Å². The van der Waals surface area contributed by atoms with Crippen LogP contribution < -0.4 is 20.1 Å². The Morgan fingerprint density at radius 1 is 0.815 bits per heavy atom. The second-order valence-electron chi connectivity index (χ2n) is 5.65. The van der Waals surface area contributed by atoms with Gasteiger partial charge in [0.1, 0.15) is 0 Å².